The molecule has 1 aromatic rings. The monoisotopic (exact) mass is 404 g/mol. The highest BCUT2D eigenvalue weighted by Crippen LogP contribution is 2.24. The van der Waals surface area contributed by atoms with Gasteiger partial charge in [-0.25, -0.2) is 4.39 Å². The van der Waals surface area contributed by atoms with E-state index in [0.717, 1.165) is 32.6 Å². The lowest BCUT2D eigenvalue weighted by Gasteiger charge is -2.38. The molecule has 7 heteroatoms. The van der Waals surface area contributed by atoms with E-state index in [0.29, 0.717) is 24.2 Å². The highest BCUT2D eigenvalue weighted by atomic mass is 19.1. The lowest BCUT2D eigenvalue weighted by atomic mass is 9.86. The van der Waals surface area contributed by atoms with Crippen LogP contribution in [-0.4, -0.2) is 66.4 Å². The molecule has 1 saturated carbocycles. The fraction of sp³-hybridized carbons (Fsp3) is 0.636. The van der Waals surface area contributed by atoms with Gasteiger partial charge in [-0.1, -0.05) is 19.8 Å². The van der Waals surface area contributed by atoms with Crippen LogP contribution in [0.1, 0.15) is 39.5 Å². The van der Waals surface area contributed by atoms with Crippen molar-refractivity contribution in [3.63, 3.8) is 0 Å². The quantitative estimate of drug-likeness (QED) is 0.765. The Morgan fingerprint density at radius 1 is 1.10 bits per heavy atom. The normalized spacial score (nSPS) is 24.7. The van der Waals surface area contributed by atoms with Gasteiger partial charge in [0, 0.05) is 37.9 Å². The minimum atomic E-state index is -0.324. The smallest absolute Gasteiger partial charge is 0.238 e. The first-order chi connectivity index (χ1) is 13.9. The number of anilines is 1. The standard InChI is InChI=1S/C22H33FN4O2/c1-16-5-3-4-6-20(16)25-22(29)17(2)27-13-11-26(12-14-27)15-21(28)24-19-9-7-18(23)8-10-19/h7-10,16-17,20H,3-6,11-15H2,1-2H3,(H,24,28)(H,25,29)/t16-,17-,20+/m1/s1. The lowest BCUT2D eigenvalue weighted by molar-refractivity contribution is -0.128. The highest BCUT2D eigenvalue weighted by Gasteiger charge is 2.29. The van der Waals surface area contributed by atoms with Gasteiger partial charge in [0.1, 0.15) is 5.82 Å². The number of nitrogens with zero attached hydrogens (tertiary/aromatic N) is 2. The van der Waals surface area contributed by atoms with E-state index in [1.54, 1.807) is 12.1 Å². The molecule has 160 valence electrons. The van der Waals surface area contributed by atoms with Gasteiger partial charge < -0.3 is 10.6 Å². The zero-order valence-corrected chi connectivity index (χ0v) is 17.5. The van der Waals surface area contributed by atoms with Gasteiger partial charge in [-0.15, -0.1) is 0 Å². The van der Waals surface area contributed by atoms with E-state index < -0.39 is 0 Å². The van der Waals surface area contributed by atoms with Crippen molar-refractivity contribution in [2.24, 2.45) is 5.92 Å². The van der Waals surface area contributed by atoms with E-state index in [-0.39, 0.29) is 23.7 Å². The van der Waals surface area contributed by atoms with Gasteiger partial charge in [0.15, 0.2) is 0 Å². The molecular formula is C22H33FN4O2. The summed E-state index contributed by atoms with van der Waals surface area (Å²) in [5, 5.41) is 6.05. The second-order valence-corrected chi connectivity index (χ2v) is 8.42. The Morgan fingerprint density at radius 2 is 1.76 bits per heavy atom. The number of hydrogen-bond donors (Lipinski definition) is 2. The maximum atomic E-state index is 13.0. The Labute approximate surface area is 172 Å². The third-order valence-electron chi connectivity index (χ3n) is 6.27. The van der Waals surface area contributed by atoms with Gasteiger partial charge in [0.2, 0.25) is 11.8 Å². The predicted molar refractivity (Wildman–Crippen MR) is 112 cm³/mol. The van der Waals surface area contributed by atoms with Crippen molar-refractivity contribution in [2.75, 3.05) is 38.0 Å². The molecule has 3 atom stereocenters. The molecule has 0 radical (unpaired) electrons. The van der Waals surface area contributed by atoms with E-state index in [4.69, 9.17) is 0 Å². The largest absolute Gasteiger partial charge is 0.352 e. The molecule has 1 aliphatic heterocycles. The molecule has 0 spiro atoms. The Balaban J connectivity index is 1.40. The second-order valence-electron chi connectivity index (χ2n) is 8.42. The van der Waals surface area contributed by atoms with E-state index in [1.807, 2.05) is 6.92 Å². The number of rotatable bonds is 6. The molecular weight excluding hydrogens is 371 g/mol. The van der Waals surface area contributed by atoms with Gasteiger partial charge in [-0.05, 0) is 49.9 Å². The molecule has 0 unspecified atom stereocenters. The van der Waals surface area contributed by atoms with Crippen molar-refractivity contribution in [2.45, 2.75) is 51.6 Å². The maximum absolute atomic E-state index is 13.0. The fourth-order valence-corrected chi connectivity index (χ4v) is 4.25. The highest BCUT2D eigenvalue weighted by molar-refractivity contribution is 5.92. The van der Waals surface area contributed by atoms with E-state index in [9.17, 15) is 14.0 Å². The van der Waals surface area contributed by atoms with Crippen molar-refractivity contribution in [1.82, 2.24) is 15.1 Å². The summed E-state index contributed by atoms with van der Waals surface area (Å²) in [6, 6.07) is 5.91. The van der Waals surface area contributed by atoms with Crippen LogP contribution >= 0.6 is 0 Å². The van der Waals surface area contributed by atoms with Crippen LogP contribution in [0.5, 0.6) is 0 Å². The number of halogens is 1. The first kappa shape index (κ1) is 21.7. The molecule has 2 amide bonds. The number of piperazine rings is 1. The van der Waals surface area contributed by atoms with Crippen LogP contribution < -0.4 is 10.6 Å². The number of benzene rings is 1. The molecule has 0 aromatic heterocycles. The van der Waals surface area contributed by atoms with Crippen molar-refractivity contribution < 1.29 is 14.0 Å². The third-order valence-corrected chi connectivity index (χ3v) is 6.27. The zero-order chi connectivity index (χ0) is 20.8. The topological polar surface area (TPSA) is 64.7 Å². The van der Waals surface area contributed by atoms with Crippen LogP contribution in [0.2, 0.25) is 0 Å². The Kier molecular flexibility index (Phi) is 7.61. The molecule has 1 aliphatic carbocycles. The lowest BCUT2D eigenvalue weighted by Crippen LogP contribution is -2.56. The summed E-state index contributed by atoms with van der Waals surface area (Å²) in [5.41, 5.74) is 0.595. The summed E-state index contributed by atoms with van der Waals surface area (Å²) in [4.78, 5) is 29.2. The maximum Gasteiger partial charge on any atom is 0.238 e. The van der Waals surface area contributed by atoms with Crippen molar-refractivity contribution >= 4 is 17.5 Å². The minimum absolute atomic E-state index is 0.109. The molecule has 29 heavy (non-hydrogen) atoms. The number of carbonyl (C=O) groups excluding carboxylic acids is 2. The average Bonchev–Trinajstić information content (AvgIpc) is 2.71. The number of amides is 2. The molecule has 2 N–H and O–H groups in total. The van der Waals surface area contributed by atoms with Gasteiger partial charge in [0.05, 0.1) is 12.6 Å². The Hall–Kier alpha value is -1.99. The van der Waals surface area contributed by atoms with Crippen molar-refractivity contribution in [1.29, 1.82) is 0 Å². The second kappa shape index (κ2) is 10.2. The molecule has 1 heterocycles. The summed E-state index contributed by atoms with van der Waals surface area (Å²) in [5.74, 6) is 0.236. The van der Waals surface area contributed by atoms with Gasteiger partial charge >= 0.3 is 0 Å². The first-order valence-corrected chi connectivity index (χ1v) is 10.7. The molecule has 3 rings (SSSR count). The zero-order valence-electron chi connectivity index (χ0n) is 17.5. The Bertz CT molecular complexity index is 689. The van der Waals surface area contributed by atoms with Gasteiger partial charge in [-0.2, -0.15) is 0 Å². The van der Waals surface area contributed by atoms with Gasteiger partial charge in [0.25, 0.3) is 0 Å². The number of hydrogen-bond acceptors (Lipinski definition) is 4. The van der Waals surface area contributed by atoms with Crippen molar-refractivity contribution in [3.05, 3.63) is 30.1 Å². The van der Waals surface area contributed by atoms with Crippen LogP contribution in [0.3, 0.4) is 0 Å². The Morgan fingerprint density at radius 3 is 2.41 bits per heavy atom. The summed E-state index contributed by atoms with van der Waals surface area (Å²) in [6.07, 6.45) is 4.73. The summed E-state index contributed by atoms with van der Waals surface area (Å²) < 4.78 is 13.0. The number of carbonyl (C=O) groups is 2. The van der Waals surface area contributed by atoms with Crippen LogP contribution in [0.25, 0.3) is 0 Å². The van der Waals surface area contributed by atoms with E-state index in [1.165, 1.54) is 31.4 Å². The van der Waals surface area contributed by atoms with Crippen LogP contribution in [0, 0.1) is 11.7 Å². The minimum Gasteiger partial charge on any atom is -0.352 e. The van der Waals surface area contributed by atoms with Crippen LogP contribution in [0.15, 0.2) is 24.3 Å². The molecule has 1 aromatic carbocycles. The average molecular weight is 405 g/mol. The van der Waals surface area contributed by atoms with Crippen LogP contribution in [0.4, 0.5) is 10.1 Å². The molecule has 2 aliphatic rings. The predicted octanol–water partition coefficient (Wildman–Crippen LogP) is 2.47. The summed E-state index contributed by atoms with van der Waals surface area (Å²) in [6.45, 7) is 7.51. The molecule has 2 fully saturated rings. The molecule has 6 nitrogen and oxygen atoms in total. The van der Waals surface area contributed by atoms with E-state index >= 15 is 0 Å². The van der Waals surface area contributed by atoms with Crippen molar-refractivity contribution in [3.8, 4) is 0 Å². The fourth-order valence-electron chi connectivity index (χ4n) is 4.25. The van der Waals surface area contributed by atoms with Gasteiger partial charge in [-0.3, -0.25) is 19.4 Å². The van der Waals surface area contributed by atoms with E-state index in [2.05, 4.69) is 27.4 Å². The molecule has 1 saturated heterocycles. The SMILES string of the molecule is C[C@@H]1CCCC[C@@H]1NC(=O)[C@@H](C)N1CCN(CC(=O)Nc2ccc(F)cc2)CC1. The van der Waals surface area contributed by atoms with Crippen LogP contribution in [-0.2, 0) is 9.59 Å². The molecule has 0 bridgehead atoms. The third kappa shape index (κ3) is 6.24. The first-order valence-electron chi connectivity index (χ1n) is 10.7. The summed E-state index contributed by atoms with van der Waals surface area (Å²) >= 11 is 0. The summed E-state index contributed by atoms with van der Waals surface area (Å²) in [7, 11) is 0. The number of nitrogens with one attached hydrogen (secondary N) is 2.